The third-order valence-corrected chi connectivity index (χ3v) is 3.28. The molecular formula is C10H20N2. The quantitative estimate of drug-likeness (QED) is 0.604. The van der Waals surface area contributed by atoms with Gasteiger partial charge in [0, 0.05) is 26.2 Å². The van der Waals surface area contributed by atoms with E-state index in [4.69, 9.17) is 0 Å². The first-order valence-electron chi connectivity index (χ1n) is 5.20. The predicted molar refractivity (Wildman–Crippen MR) is 51.2 cm³/mol. The third-order valence-electron chi connectivity index (χ3n) is 3.28. The summed E-state index contributed by atoms with van der Waals surface area (Å²) in [4.78, 5) is 5.13. The summed E-state index contributed by atoms with van der Waals surface area (Å²) < 4.78 is 0. The van der Waals surface area contributed by atoms with Gasteiger partial charge in [0.15, 0.2) is 0 Å². The Hall–Kier alpha value is -0.0800. The molecule has 0 amide bonds. The molecule has 2 heteroatoms. The Labute approximate surface area is 75.5 Å². The first-order chi connectivity index (χ1) is 5.79. The lowest BCUT2D eigenvalue weighted by molar-refractivity contribution is 0.278. The van der Waals surface area contributed by atoms with Crippen molar-refractivity contribution in [2.75, 3.05) is 39.8 Å². The molecule has 2 rings (SSSR count). The van der Waals surface area contributed by atoms with Gasteiger partial charge in [0.25, 0.3) is 0 Å². The van der Waals surface area contributed by atoms with Crippen LogP contribution >= 0.6 is 0 Å². The Kier molecular flexibility index (Phi) is 2.37. The van der Waals surface area contributed by atoms with Gasteiger partial charge in [0.1, 0.15) is 0 Å². The molecule has 0 aromatic rings. The van der Waals surface area contributed by atoms with E-state index in [1.165, 1.54) is 39.1 Å². The smallest absolute Gasteiger partial charge is 0.00256 e. The maximum Gasteiger partial charge on any atom is 0.00256 e. The molecule has 0 saturated carbocycles. The standard InChI is InChI=1S/C10H20N2/c1-3-4-12-7-9-5-11(2)6-10(9)8-12/h9-10H,3-8H2,1-2H3. The number of rotatable bonds is 2. The van der Waals surface area contributed by atoms with Gasteiger partial charge in [-0.25, -0.2) is 0 Å². The van der Waals surface area contributed by atoms with Gasteiger partial charge in [-0.2, -0.15) is 0 Å². The monoisotopic (exact) mass is 168 g/mol. The van der Waals surface area contributed by atoms with Gasteiger partial charge in [-0.05, 0) is 31.8 Å². The van der Waals surface area contributed by atoms with Crippen LogP contribution in [0.15, 0.2) is 0 Å². The van der Waals surface area contributed by atoms with E-state index in [1.807, 2.05) is 0 Å². The molecule has 2 nitrogen and oxygen atoms in total. The lowest BCUT2D eigenvalue weighted by atomic mass is 10.0. The van der Waals surface area contributed by atoms with E-state index in [-0.39, 0.29) is 0 Å². The molecule has 70 valence electrons. The highest BCUT2D eigenvalue weighted by Crippen LogP contribution is 2.29. The maximum absolute atomic E-state index is 2.64. The predicted octanol–water partition coefficient (Wildman–Crippen LogP) is 0.890. The Balaban J connectivity index is 1.85. The number of hydrogen-bond acceptors (Lipinski definition) is 2. The molecule has 2 saturated heterocycles. The highest BCUT2D eigenvalue weighted by molar-refractivity contribution is 4.91. The molecule has 12 heavy (non-hydrogen) atoms. The molecule has 0 bridgehead atoms. The third kappa shape index (κ3) is 1.50. The Morgan fingerprint density at radius 2 is 1.67 bits per heavy atom. The fourth-order valence-electron chi connectivity index (χ4n) is 2.82. The molecule has 2 aliphatic heterocycles. The topological polar surface area (TPSA) is 6.48 Å². The number of hydrogen-bond donors (Lipinski definition) is 0. The van der Waals surface area contributed by atoms with Crippen LogP contribution in [-0.4, -0.2) is 49.6 Å². The van der Waals surface area contributed by atoms with Gasteiger partial charge in [-0.3, -0.25) is 0 Å². The first-order valence-corrected chi connectivity index (χ1v) is 5.20. The van der Waals surface area contributed by atoms with E-state index in [9.17, 15) is 0 Å². The number of nitrogens with zero attached hydrogens (tertiary/aromatic N) is 2. The zero-order valence-electron chi connectivity index (χ0n) is 8.29. The van der Waals surface area contributed by atoms with E-state index >= 15 is 0 Å². The van der Waals surface area contributed by atoms with Gasteiger partial charge in [-0.1, -0.05) is 6.92 Å². The molecule has 0 spiro atoms. The minimum absolute atomic E-state index is 0.988. The second-order valence-electron chi connectivity index (χ2n) is 4.50. The van der Waals surface area contributed by atoms with Crippen LogP contribution in [0, 0.1) is 11.8 Å². The molecule has 2 unspecified atom stereocenters. The lowest BCUT2D eigenvalue weighted by Gasteiger charge is -2.17. The van der Waals surface area contributed by atoms with Crippen molar-refractivity contribution in [2.45, 2.75) is 13.3 Å². The maximum atomic E-state index is 2.64. The SMILES string of the molecule is CCCN1CC2CN(C)CC2C1. The van der Waals surface area contributed by atoms with E-state index in [0.717, 1.165) is 11.8 Å². The highest BCUT2D eigenvalue weighted by atomic mass is 15.2. The van der Waals surface area contributed by atoms with Crippen LogP contribution < -0.4 is 0 Å². The summed E-state index contributed by atoms with van der Waals surface area (Å²) in [5.41, 5.74) is 0. The molecule has 2 fully saturated rings. The van der Waals surface area contributed by atoms with Crippen LogP contribution in [0.1, 0.15) is 13.3 Å². The first kappa shape index (κ1) is 8.52. The summed E-state index contributed by atoms with van der Waals surface area (Å²) in [7, 11) is 2.25. The molecule has 2 heterocycles. The van der Waals surface area contributed by atoms with Crippen molar-refractivity contribution < 1.29 is 0 Å². The molecule has 0 aromatic carbocycles. The summed E-state index contributed by atoms with van der Waals surface area (Å²) >= 11 is 0. The summed E-state index contributed by atoms with van der Waals surface area (Å²) in [6, 6.07) is 0. The summed E-state index contributed by atoms with van der Waals surface area (Å²) in [5, 5.41) is 0. The van der Waals surface area contributed by atoms with Crippen molar-refractivity contribution in [2.24, 2.45) is 11.8 Å². The molecule has 2 aliphatic rings. The Morgan fingerprint density at radius 1 is 1.08 bits per heavy atom. The van der Waals surface area contributed by atoms with E-state index in [1.54, 1.807) is 0 Å². The lowest BCUT2D eigenvalue weighted by Crippen LogP contribution is -2.27. The zero-order valence-corrected chi connectivity index (χ0v) is 8.29. The molecule has 0 N–H and O–H groups in total. The summed E-state index contributed by atoms with van der Waals surface area (Å²) in [6.07, 6.45) is 1.31. The molecule has 0 aromatic heterocycles. The molecule has 0 aliphatic carbocycles. The molecular weight excluding hydrogens is 148 g/mol. The van der Waals surface area contributed by atoms with E-state index < -0.39 is 0 Å². The fraction of sp³-hybridized carbons (Fsp3) is 1.00. The minimum atomic E-state index is 0.988. The van der Waals surface area contributed by atoms with Crippen LogP contribution in [0.4, 0.5) is 0 Å². The van der Waals surface area contributed by atoms with Gasteiger partial charge < -0.3 is 9.80 Å². The second kappa shape index (κ2) is 3.35. The molecule has 2 atom stereocenters. The van der Waals surface area contributed by atoms with Crippen molar-refractivity contribution in [1.29, 1.82) is 0 Å². The summed E-state index contributed by atoms with van der Waals surface area (Å²) in [6.45, 7) is 9.00. The largest absolute Gasteiger partial charge is 0.306 e. The van der Waals surface area contributed by atoms with Crippen LogP contribution in [0.2, 0.25) is 0 Å². The van der Waals surface area contributed by atoms with Crippen LogP contribution in [-0.2, 0) is 0 Å². The average Bonchev–Trinajstić information content (AvgIpc) is 2.44. The fourth-order valence-corrected chi connectivity index (χ4v) is 2.82. The number of fused-ring (bicyclic) bond motifs is 1. The van der Waals surface area contributed by atoms with Crippen molar-refractivity contribution >= 4 is 0 Å². The molecule has 0 radical (unpaired) electrons. The average molecular weight is 168 g/mol. The van der Waals surface area contributed by atoms with E-state index in [0.29, 0.717) is 0 Å². The second-order valence-corrected chi connectivity index (χ2v) is 4.50. The minimum Gasteiger partial charge on any atom is -0.306 e. The van der Waals surface area contributed by atoms with Gasteiger partial charge in [-0.15, -0.1) is 0 Å². The van der Waals surface area contributed by atoms with Crippen molar-refractivity contribution in [3.63, 3.8) is 0 Å². The zero-order chi connectivity index (χ0) is 8.55. The normalized spacial score (nSPS) is 37.5. The Bertz CT molecular complexity index is 144. The van der Waals surface area contributed by atoms with Crippen molar-refractivity contribution in [1.82, 2.24) is 9.80 Å². The highest BCUT2D eigenvalue weighted by Gasteiger charge is 2.37. The van der Waals surface area contributed by atoms with Crippen LogP contribution in [0.5, 0.6) is 0 Å². The van der Waals surface area contributed by atoms with Crippen molar-refractivity contribution in [3.8, 4) is 0 Å². The Morgan fingerprint density at radius 3 is 2.17 bits per heavy atom. The number of likely N-dealkylation sites (tertiary alicyclic amines) is 2. The van der Waals surface area contributed by atoms with E-state index in [2.05, 4.69) is 23.8 Å². The van der Waals surface area contributed by atoms with Gasteiger partial charge in [0.05, 0.1) is 0 Å². The van der Waals surface area contributed by atoms with Gasteiger partial charge >= 0.3 is 0 Å². The van der Waals surface area contributed by atoms with Crippen LogP contribution in [0.25, 0.3) is 0 Å². The van der Waals surface area contributed by atoms with Crippen molar-refractivity contribution in [3.05, 3.63) is 0 Å². The van der Waals surface area contributed by atoms with Gasteiger partial charge in [0.2, 0.25) is 0 Å². The summed E-state index contributed by atoms with van der Waals surface area (Å²) in [5.74, 6) is 1.98. The van der Waals surface area contributed by atoms with Crippen LogP contribution in [0.3, 0.4) is 0 Å².